The van der Waals surface area contributed by atoms with Crippen LogP contribution < -0.4 is 64.0 Å². The Labute approximate surface area is 303 Å². The third-order valence-electron chi connectivity index (χ3n) is 4.41. The van der Waals surface area contributed by atoms with Crippen molar-refractivity contribution in [3.63, 3.8) is 0 Å². The maximum atomic E-state index is 10.4. The van der Waals surface area contributed by atoms with E-state index in [-0.39, 0.29) is 119 Å². The summed E-state index contributed by atoms with van der Waals surface area (Å²) in [6.07, 6.45) is 0. The predicted molar refractivity (Wildman–Crippen MR) is 129 cm³/mol. The maximum absolute atomic E-state index is 10.4. The maximum Gasteiger partial charge on any atom is 4.00 e. The SMILES string of the molecule is O.O.O=C([O-])CN(CCO)CCN(CC(=O)[O-])CC(=O)[O-].O=C([O-])CN(CCO)CCN(CC(=O)[O-])CC(=O)[O-].[NH4+].[NH4+].[O-][O-].[O-][O-].[Ti+4].[Ti+4]. The van der Waals surface area contributed by atoms with Crippen molar-refractivity contribution >= 4 is 35.8 Å². The first kappa shape index (κ1) is 71.6. The Kier molecular flexibility index (Phi) is 73.2. The Morgan fingerprint density at radius 3 is 0.667 bits per heavy atom. The van der Waals surface area contributed by atoms with Gasteiger partial charge in [0, 0.05) is 78.5 Å². The van der Waals surface area contributed by atoms with Gasteiger partial charge >= 0.3 is 43.4 Å². The average Bonchev–Trinajstić information content (AvgIpc) is 2.87. The fourth-order valence-corrected chi connectivity index (χ4v) is 2.91. The Morgan fingerprint density at radius 1 is 0.375 bits per heavy atom. The number of aliphatic carboxylic acids is 6. The van der Waals surface area contributed by atoms with E-state index >= 15 is 0 Å². The minimum absolute atomic E-state index is 0. The molecule has 0 aromatic heterocycles. The molecule has 0 atom stereocenters. The topological polar surface area (TPSA) is 522 Å². The summed E-state index contributed by atoms with van der Waals surface area (Å²) in [6.45, 7) is -3.67. The molecule has 0 spiro atoms. The van der Waals surface area contributed by atoms with Crippen molar-refractivity contribution in [3.05, 3.63) is 0 Å². The largest absolute Gasteiger partial charge is 4.00 e. The number of carbonyl (C=O) groups excluding carboxylic acids is 6. The summed E-state index contributed by atoms with van der Waals surface area (Å²) in [5, 5.41) is 108. The van der Waals surface area contributed by atoms with E-state index in [4.69, 9.17) is 31.2 Å². The molecule has 0 heterocycles. The Hall–Kier alpha value is -2.31. The van der Waals surface area contributed by atoms with Crippen LogP contribution in [-0.2, 0) is 72.2 Å². The molecule has 0 saturated carbocycles. The van der Waals surface area contributed by atoms with E-state index in [0.717, 1.165) is 9.80 Å². The molecule has 0 rings (SSSR count). The van der Waals surface area contributed by atoms with Gasteiger partial charge in [0.25, 0.3) is 0 Å². The van der Waals surface area contributed by atoms with Crippen LogP contribution in [0.4, 0.5) is 0 Å². The van der Waals surface area contributed by atoms with Gasteiger partial charge in [-0.1, -0.05) is 0 Å². The number of carboxylic acids is 6. The van der Waals surface area contributed by atoms with E-state index in [2.05, 4.69) is 0 Å². The number of nitrogens with zero attached hydrogens (tertiary/aromatic N) is 4. The first-order valence-corrected chi connectivity index (χ1v) is 11.3. The molecule has 0 aliphatic heterocycles. The third kappa shape index (κ3) is 56.0. The molecule has 0 fully saturated rings. The molecule has 280 valence electrons. The zero-order chi connectivity index (χ0) is 33.7. The van der Waals surface area contributed by atoms with Crippen molar-refractivity contribution in [1.82, 2.24) is 31.9 Å². The van der Waals surface area contributed by atoms with Gasteiger partial charge in [-0.3, -0.25) is 19.6 Å². The number of rotatable bonds is 22. The van der Waals surface area contributed by atoms with E-state index in [0.29, 0.717) is 0 Å². The monoisotopic (exact) mass is 782 g/mol. The normalized spacial score (nSPS) is 8.88. The quantitative estimate of drug-likeness (QED) is 0.0450. The molecule has 14 N–H and O–H groups in total. The van der Waals surface area contributed by atoms with Crippen LogP contribution in [0.25, 0.3) is 0 Å². The zero-order valence-corrected chi connectivity index (χ0v) is 29.2. The molecule has 0 amide bonds. The van der Waals surface area contributed by atoms with E-state index in [1.54, 1.807) is 0 Å². The second-order valence-corrected chi connectivity index (χ2v) is 7.65. The number of quaternary nitrogens is 2. The summed E-state index contributed by atoms with van der Waals surface area (Å²) in [6, 6.07) is 0. The summed E-state index contributed by atoms with van der Waals surface area (Å²) >= 11 is 0. The average molecular weight is 782 g/mol. The Bertz CT molecular complexity index is 698. The van der Waals surface area contributed by atoms with Crippen molar-refractivity contribution in [2.24, 2.45) is 0 Å². The molecule has 0 bridgehead atoms. The molecule has 0 aliphatic rings. The predicted octanol–water partition coefficient (Wildman–Crippen LogP) is -18.0. The van der Waals surface area contributed by atoms with Gasteiger partial charge in [-0.25, -0.2) is 0 Å². The summed E-state index contributed by atoms with van der Waals surface area (Å²) in [5.41, 5.74) is 0. The summed E-state index contributed by atoms with van der Waals surface area (Å²) in [7, 11) is 0. The standard InChI is InChI=1S/2C10H18N2O7.2H3N.2O2.2H2O.2Ti/c2*13-4-3-11(5-8(14)15)1-2-12(6-9(16)17)7-10(18)19;;;2*1-2;;;;/h2*13H,1-7H2,(H,14,15)(H,16,17)(H,18,19);2*1H3;;;2*1H2;;/q;;;;2*-2;;;2*+4/p-4. The Morgan fingerprint density at radius 2 is 0.521 bits per heavy atom. The molecule has 26 nitrogen and oxygen atoms in total. The van der Waals surface area contributed by atoms with Crippen LogP contribution in [0.2, 0.25) is 0 Å². The second kappa shape index (κ2) is 49.1. The minimum atomic E-state index is -1.45. The molecule has 48 heavy (non-hydrogen) atoms. The van der Waals surface area contributed by atoms with Gasteiger partial charge in [-0.2, -0.15) is 0 Å². The van der Waals surface area contributed by atoms with Crippen molar-refractivity contribution in [2.75, 3.05) is 91.8 Å². The molecule has 0 aliphatic carbocycles. The van der Waals surface area contributed by atoms with Crippen LogP contribution in [-0.4, -0.2) is 168 Å². The number of hydrogen-bond donors (Lipinski definition) is 4. The van der Waals surface area contributed by atoms with Crippen LogP contribution in [0.15, 0.2) is 0 Å². The summed E-state index contributed by atoms with van der Waals surface area (Å²) in [5.74, 6) is -8.49. The van der Waals surface area contributed by atoms with E-state index in [1.807, 2.05) is 0 Å². The number of carboxylic acid groups (broad SMARTS) is 6. The van der Waals surface area contributed by atoms with Gasteiger partial charge in [-0.15, -0.1) is 0 Å². The molecule has 0 aromatic rings. The van der Waals surface area contributed by atoms with Crippen LogP contribution in [0.3, 0.4) is 0 Å². The fraction of sp³-hybridized carbons (Fsp3) is 0.700. The van der Waals surface area contributed by atoms with Crippen molar-refractivity contribution < 1.29 is 145 Å². The minimum Gasteiger partial charge on any atom is -1.00 e. The first-order chi connectivity index (χ1) is 19.7. The summed E-state index contributed by atoms with van der Waals surface area (Å²) < 4.78 is 0. The number of aliphatic hydroxyl groups excluding tert-OH is 2. The van der Waals surface area contributed by atoms with Gasteiger partial charge in [0.15, 0.2) is 0 Å². The van der Waals surface area contributed by atoms with E-state index in [1.165, 1.54) is 9.80 Å². The van der Waals surface area contributed by atoms with Crippen LogP contribution in [0, 0.1) is 0 Å². The van der Waals surface area contributed by atoms with Crippen molar-refractivity contribution in [1.29, 1.82) is 0 Å². The van der Waals surface area contributed by atoms with E-state index < -0.39 is 75.1 Å². The first-order valence-electron chi connectivity index (χ1n) is 11.3. The van der Waals surface area contributed by atoms with Gasteiger partial charge in [0.2, 0.25) is 0 Å². The molecule has 0 aromatic carbocycles. The molecule has 0 unspecified atom stereocenters. The zero-order valence-electron chi connectivity index (χ0n) is 26.1. The number of hydrogen-bond acceptors (Lipinski definition) is 22. The van der Waals surface area contributed by atoms with E-state index in [9.17, 15) is 59.4 Å². The molecule has 0 saturated heterocycles. The fourth-order valence-electron chi connectivity index (χ4n) is 2.91. The van der Waals surface area contributed by atoms with Gasteiger partial charge in [0.1, 0.15) is 0 Å². The third-order valence-corrected chi connectivity index (χ3v) is 4.41. The molecule has 0 radical (unpaired) electrons. The van der Waals surface area contributed by atoms with Crippen molar-refractivity contribution in [2.45, 2.75) is 0 Å². The second-order valence-electron chi connectivity index (χ2n) is 7.65. The smallest absolute Gasteiger partial charge is 1.00 e. The molecular formula is C20H42N6O20Ti2. The number of carbonyl (C=O) groups is 6. The summed E-state index contributed by atoms with van der Waals surface area (Å²) in [4.78, 5) is 67.2. The van der Waals surface area contributed by atoms with Crippen molar-refractivity contribution in [3.8, 4) is 0 Å². The van der Waals surface area contributed by atoms with Crippen LogP contribution >= 0.6 is 0 Å². The Balaban J connectivity index is -0.0000000610. The van der Waals surface area contributed by atoms with Gasteiger partial charge < -0.3 is 114 Å². The van der Waals surface area contributed by atoms with Crippen LogP contribution in [0.5, 0.6) is 0 Å². The van der Waals surface area contributed by atoms with Gasteiger partial charge in [0.05, 0.1) is 49.0 Å². The van der Waals surface area contributed by atoms with Gasteiger partial charge in [-0.05, 0) is 0 Å². The number of aliphatic hydroxyl groups is 2. The molecular weight excluding hydrogens is 740 g/mol. The molecule has 28 heteroatoms. The van der Waals surface area contributed by atoms with Crippen LogP contribution in [0.1, 0.15) is 0 Å².